The summed E-state index contributed by atoms with van der Waals surface area (Å²) in [5, 5.41) is 27.4. The summed E-state index contributed by atoms with van der Waals surface area (Å²) >= 11 is 0. The third-order valence-electron chi connectivity index (χ3n) is 4.47. The van der Waals surface area contributed by atoms with Crippen LogP contribution < -0.4 is 5.32 Å². The summed E-state index contributed by atoms with van der Waals surface area (Å²) in [5.41, 5.74) is 2.67. The van der Waals surface area contributed by atoms with Gasteiger partial charge < -0.3 is 15.5 Å². The van der Waals surface area contributed by atoms with E-state index >= 15 is 0 Å². The molecule has 3 heterocycles. The average Bonchev–Trinajstić information content (AvgIpc) is 3.02. The zero-order chi connectivity index (χ0) is 16.5. The lowest BCUT2D eigenvalue weighted by Crippen LogP contribution is -2.39. The molecule has 0 unspecified atom stereocenters. The number of aliphatic hydroxyl groups excluding tert-OH is 2. The maximum absolute atomic E-state index is 9.83. The van der Waals surface area contributed by atoms with E-state index in [0.717, 1.165) is 29.1 Å². The van der Waals surface area contributed by atoms with E-state index in [4.69, 9.17) is 0 Å². The molecule has 3 N–H and O–H groups in total. The highest BCUT2D eigenvalue weighted by Crippen LogP contribution is 2.23. The zero-order valence-corrected chi connectivity index (χ0v) is 13.1. The van der Waals surface area contributed by atoms with E-state index in [1.54, 1.807) is 23.1 Å². The van der Waals surface area contributed by atoms with Crippen LogP contribution in [0.3, 0.4) is 0 Å². The van der Waals surface area contributed by atoms with Crippen molar-refractivity contribution in [2.45, 2.75) is 37.5 Å². The fourth-order valence-corrected chi connectivity index (χ4v) is 3.14. The SMILES string of the molecule is O[C@@H]1C[C@H](Nc2ccc3ncc(-c4ccncc4)n3n2)CC[C@@H]1O. The maximum Gasteiger partial charge on any atom is 0.154 e. The number of hydrogen-bond acceptors (Lipinski definition) is 6. The van der Waals surface area contributed by atoms with Crippen molar-refractivity contribution in [1.82, 2.24) is 19.6 Å². The Hall–Kier alpha value is -2.51. The van der Waals surface area contributed by atoms with E-state index in [-0.39, 0.29) is 6.04 Å². The zero-order valence-electron chi connectivity index (χ0n) is 13.1. The van der Waals surface area contributed by atoms with Crippen LogP contribution in [0.2, 0.25) is 0 Å². The summed E-state index contributed by atoms with van der Waals surface area (Å²) in [6, 6.07) is 7.74. The molecule has 1 saturated carbocycles. The quantitative estimate of drug-likeness (QED) is 0.675. The van der Waals surface area contributed by atoms with E-state index in [1.807, 2.05) is 24.3 Å². The number of rotatable bonds is 3. The second-order valence-electron chi connectivity index (χ2n) is 6.16. The molecule has 1 aliphatic rings. The van der Waals surface area contributed by atoms with E-state index in [0.29, 0.717) is 12.8 Å². The molecule has 0 aromatic carbocycles. The van der Waals surface area contributed by atoms with E-state index < -0.39 is 12.2 Å². The Labute approximate surface area is 139 Å². The molecular weight excluding hydrogens is 306 g/mol. The van der Waals surface area contributed by atoms with Crippen molar-refractivity contribution in [2.75, 3.05) is 5.32 Å². The molecule has 0 bridgehead atoms. The third kappa shape index (κ3) is 2.83. The van der Waals surface area contributed by atoms with Gasteiger partial charge in [-0.1, -0.05) is 0 Å². The van der Waals surface area contributed by atoms with Crippen molar-refractivity contribution >= 4 is 11.5 Å². The number of hydrogen-bond donors (Lipinski definition) is 3. The van der Waals surface area contributed by atoms with Gasteiger partial charge in [0.05, 0.1) is 24.1 Å². The molecule has 0 amide bonds. The lowest BCUT2D eigenvalue weighted by Gasteiger charge is -2.30. The molecule has 0 radical (unpaired) electrons. The number of anilines is 1. The lowest BCUT2D eigenvalue weighted by atomic mass is 9.90. The van der Waals surface area contributed by atoms with Crippen LogP contribution in [-0.4, -0.2) is 48.0 Å². The van der Waals surface area contributed by atoms with Crippen LogP contribution in [0, 0.1) is 0 Å². The molecule has 7 heteroatoms. The summed E-state index contributed by atoms with van der Waals surface area (Å²) in [4.78, 5) is 8.42. The minimum Gasteiger partial charge on any atom is -0.390 e. The van der Waals surface area contributed by atoms with Crippen molar-refractivity contribution in [3.05, 3.63) is 42.9 Å². The first-order chi connectivity index (χ1) is 11.7. The predicted octanol–water partition coefficient (Wildman–Crippen LogP) is 1.48. The number of aliphatic hydroxyl groups is 2. The Kier molecular flexibility index (Phi) is 3.87. The van der Waals surface area contributed by atoms with Crippen molar-refractivity contribution in [3.8, 4) is 11.3 Å². The van der Waals surface area contributed by atoms with Crippen LogP contribution in [-0.2, 0) is 0 Å². The molecule has 7 nitrogen and oxygen atoms in total. The maximum atomic E-state index is 9.83. The van der Waals surface area contributed by atoms with Gasteiger partial charge in [0.15, 0.2) is 5.65 Å². The molecule has 0 spiro atoms. The van der Waals surface area contributed by atoms with Gasteiger partial charge in [0, 0.05) is 24.0 Å². The number of nitrogens with zero attached hydrogens (tertiary/aromatic N) is 4. The van der Waals surface area contributed by atoms with Crippen LogP contribution in [0.4, 0.5) is 5.82 Å². The van der Waals surface area contributed by atoms with Crippen molar-refractivity contribution < 1.29 is 10.2 Å². The summed E-state index contributed by atoms with van der Waals surface area (Å²) < 4.78 is 1.80. The monoisotopic (exact) mass is 325 g/mol. The predicted molar refractivity (Wildman–Crippen MR) is 89.5 cm³/mol. The molecule has 124 valence electrons. The van der Waals surface area contributed by atoms with Crippen LogP contribution in [0.25, 0.3) is 16.9 Å². The van der Waals surface area contributed by atoms with E-state index in [1.165, 1.54) is 0 Å². The van der Waals surface area contributed by atoms with Crippen LogP contribution in [0.1, 0.15) is 19.3 Å². The van der Waals surface area contributed by atoms with Crippen molar-refractivity contribution in [2.24, 2.45) is 0 Å². The summed E-state index contributed by atoms with van der Waals surface area (Å²) in [5.74, 6) is 0.726. The third-order valence-corrected chi connectivity index (χ3v) is 4.47. The summed E-state index contributed by atoms with van der Waals surface area (Å²) in [6.07, 6.45) is 5.89. The van der Waals surface area contributed by atoms with Gasteiger partial charge >= 0.3 is 0 Å². The Morgan fingerprint density at radius 1 is 1.04 bits per heavy atom. The van der Waals surface area contributed by atoms with E-state index in [2.05, 4.69) is 20.4 Å². The number of imidazole rings is 1. The fraction of sp³-hybridized carbons (Fsp3) is 0.353. The highest BCUT2D eigenvalue weighted by molar-refractivity contribution is 5.63. The number of fused-ring (bicyclic) bond motifs is 1. The normalized spacial score (nSPS) is 24.2. The highest BCUT2D eigenvalue weighted by Gasteiger charge is 2.27. The Morgan fingerprint density at radius 3 is 2.67 bits per heavy atom. The van der Waals surface area contributed by atoms with Crippen molar-refractivity contribution in [1.29, 1.82) is 0 Å². The van der Waals surface area contributed by atoms with Crippen molar-refractivity contribution in [3.63, 3.8) is 0 Å². The number of aromatic nitrogens is 4. The molecule has 0 aliphatic heterocycles. The van der Waals surface area contributed by atoms with Gasteiger partial charge in [-0.15, -0.1) is 5.10 Å². The Bertz CT molecular complexity index is 835. The first kappa shape index (κ1) is 15.0. The van der Waals surface area contributed by atoms with Gasteiger partial charge in [-0.3, -0.25) is 4.98 Å². The summed E-state index contributed by atoms with van der Waals surface area (Å²) in [6.45, 7) is 0. The van der Waals surface area contributed by atoms with Gasteiger partial charge in [-0.25, -0.2) is 9.50 Å². The number of pyridine rings is 1. The summed E-state index contributed by atoms with van der Waals surface area (Å²) in [7, 11) is 0. The molecule has 0 saturated heterocycles. The standard InChI is InChI=1S/C17H19N5O2/c23-14-2-1-12(9-15(14)24)20-16-3-4-17-19-10-13(22(17)21-16)11-5-7-18-8-6-11/h3-8,10,12,14-15,23-24H,1-2,9H2,(H,20,21)/t12-,14+,15-/m1/s1. The van der Waals surface area contributed by atoms with Crippen LogP contribution in [0.15, 0.2) is 42.9 Å². The molecular formula is C17H19N5O2. The Morgan fingerprint density at radius 2 is 1.88 bits per heavy atom. The van der Waals surface area contributed by atoms with Gasteiger partial charge in [-0.2, -0.15) is 0 Å². The van der Waals surface area contributed by atoms with Gasteiger partial charge in [-0.05, 0) is 43.5 Å². The largest absolute Gasteiger partial charge is 0.390 e. The molecule has 1 aliphatic carbocycles. The van der Waals surface area contributed by atoms with Crippen LogP contribution in [0.5, 0.6) is 0 Å². The second-order valence-corrected chi connectivity index (χ2v) is 6.16. The molecule has 24 heavy (non-hydrogen) atoms. The Balaban J connectivity index is 1.61. The first-order valence-electron chi connectivity index (χ1n) is 8.08. The first-order valence-corrected chi connectivity index (χ1v) is 8.08. The number of nitrogens with one attached hydrogen (secondary N) is 1. The molecule has 3 aromatic rings. The highest BCUT2D eigenvalue weighted by atomic mass is 16.3. The minimum absolute atomic E-state index is 0.0984. The smallest absolute Gasteiger partial charge is 0.154 e. The minimum atomic E-state index is -0.680. The second kappa shape index (κ2) is 6.18. The average molecular weight is 325 g/mol. The molecule has 3 aromatic heterocycles. The van der Waals surface area contributed by atoms with Gasteiger partial charge in [0.1, 0.15) is 5.82 Å². The molecule has 4 rings (SSSR count). The molecule has 3 atom stereocenters. The van der Waals surface area contributed by atoms with Gasteiger partial charge in [0.25, 0.3) is 0 Å². The van der Waals surface area contributed by atoms with Gasteiger partial charge in [0.2, 0.25) is 0 Å². The molecule has 1 fully saturated rings. The topological polar surface area (TPSA) is 95.6 Å². The fourth-order valence-electron chi connectivity index (χ4n) is 3.14. The lowest BCUT2D eigenvalue weighted by molar-refractivity contribution is -0.0120. The van der Waals surface area contributed by atoms with Crippen LogP contribution >= 0.6 is 0 Å². The van der Waals surface area contributed by atoms with E-state index in [9.17, 15) is 10.2 Å².